The van der Waals surface area contributed by atoms with Crippen molar-refractivity contribution >= 4 is 11.3 Å². The van der Waals surface area contributed by atoms with Crippen LogP contribution in [0.4, 0.5) is 0 Å². The van der Waals surface area contributed by atoms with Gasteiger partial charge in [0.15, 0.2) is 0 Å². The van der Waals surface area contributed by atoms with E-state index in [1.165, 1.54) is 0 Å². The zero-order chi connectivity index (χ0) is 22.9. The van der Waals surface area contributed by atoms with E-state index in [2.05, 4.69) is 4.90 Å². The Balaban J connectivity index is 2.02. The van der Waals surface area contributed by atoms with Crippen molar-refractivity contribution in [3.63, 3.8) is 0 Å². The zero-order valence-corrected chi connectivity index (χ0v) is 18.7. The lowest BCUT2D eigenvalue weighted by molar-refractivity contribution is -0.374. The van der Waals surface area contributed by atoms with E-state index in [1.807, 2.05) is 56.6 Å². The summed E-state index contributed by atoms with van der Waals surface area (Å²) in [6.07, 6.45) is 0.922. The molecule has 0 aromatic heterocycles. The van der Waals surface area contributed by atoms with Crippen LogP contribution in [0.25, 0.3) is 11.3 Å². The van der Waals surface area contributed by atoms with Gasteiger partial charge in [-0.25, -0.2) is 0 Å². The van der Waals surface area contributed by atoms with Gasteiger partial charge in [-0.15, -0.1) is 0 Å². The van der Waals surface area contributed by atoms with Gasteiger partial charge in [0.2, 0.25) is 0 Å². The predicted molar refractivity (Wildman–Crippen MR) is 127 cm³/mol. The quantitative estimate of drug-likeness (QED) is 0.190. The highest BCUT2D eigenvalue weighted by Crippen LogP contribution is 2.34. The van der Waals surface area contributed by atoms with Crippen molar-refractivity contribution in [3.05, 3.63) is 106 Å². The molecule has 3 rings (SSSR count). The third-order valence-electron chi connectivity index (χ3n) is 5.01. The molecule has 0 fully saturated rings. The Morgan fingerprint density at radius 3 is 1.91 bits per heavy atom. The molecule has 0 aliphatic carbocycles. The first-order chi connectivity index (χ1) is 15.5. The monoisotopic (exact) mass is 432 g/mol. The topological polar surface area (TPSA) is 64.8 Å². The van der Waals surface area contributed by atoms with Crippen LogP contribution in [-0.2, 0) is 0 Å². The summed E-state index contributed by atoms with van der Waals surface area (Å²) in [5.74, 6) is 1.43. The Morgan fingerprint density at radius 2 is 1.41 bits per heavy atom. The molecular weight excluding hydrogens is 404 g/mol. The Morgan fingerprint density at radius 1 is 0.844 bits per heavy atom. The van der Waals surface area contributed by atoms with Crippen LogP contribution in [0.5, 0.6) is 11.5 Å². The first-order valence-electron chi connectivity index (χ1n) is 10.5. The molecule has 3 aromatic rings. The number of rotatable bonds is 10. The maximum atomic E-state index is 12.2. The van der Waals surface area contributed by atoms with Crippen LogP contribution in [0.15, 0.2) is 78.9 Å². The van der Waals surface area contributed by atoms with Gasteiger partial charge in [-0.2, -0.15) is 0 Å². The fourth-order valence-corrected chi connectivity index (χ4v) is 3.42. The largest absolute Gasteiger partial charge is 0.497 e. The van der Waals surface area contributed by atoms with Crippen molar-refractivity contribution in [2.45, 2.75) is 6.42 Å². The summed E-state index contributed by atoms with van der Waals surface area (Å²) < 4.78 is 11.1. The lowest BCUT2D eigenvalue weighted by Gasteiger charge is -2.13. The van der Waals surface area contributed by atoms with Crippen LogP contribution in [0.2, 0.25) is 0 Å². The van der Waals surface area contributed by atoms with Gasteiger partial charge >= 0.3 is 0 Å². The van der Waals surface area contributed by atoms with Crippen molar-refractivity contribution in [1.29, 1.82) is 0 Å². The van der Waals surface area contributed by atoms with E-state index in [0.29, 0.717) is 23.5 Å². The van der Waals surface area contributed by atoms with Crippen molar-refractivity contribution in [3.8, 4) is 11.5 Å². The van der Waals surface area contributed by atoms with Crippen LogP contribution in [-0.4, -0.2) is 44.2 Å². The smallest absolute Gasteiger partial charge is 0.284 e. The van der Waals surface area contributed by atoms with Crippen LogP contribution in [0.3, 0.4) is 0 Å². The number of benzene rings is 3. The summed E-state index contributed by atoms with van der Waals surface area (Å²) in [5, 5.41) is 12.2. The third kappa shape index (κ3) is 5.95. The van der Waals surface area contributed by atoms with E-state index in [4.69, 9.17) is 9.47 Å². The molecule has 0 aliphatic rings. The standard InChI is InChI=1S/C26H28N2O4/c1-27(2)18-7-19-32-24-16-12-21(13-17-24)25(20-10-14-23(31-3)15-11-20)26(28(29)30)22-8-5-4-6-9-22/h4-6,8-17H,7,18-19H2,1-3H3/b26-25+. The molecule has 0 saturated heterocycles. The maximum Gasteiger partial charge on any atom is 0.284 e. The molecule has 0 atom stereocenters. The van der Waals surface area contributed by atoms with E-state index < -0.39 is 0 Å². The molecule has 0 amide bonds. The minimum atomic E-state index is -0.319. The predicted octanol–water partition coefficient (Wildman–Crippen LogP) is 5.22. The molecule has 0 aliphatic heterocycles. The van der Waals surface area contributed by atoms with E-state index >= 15 is 0 Å². The van der Waals surface area contributed by atoms with E-state index in [0.717, 1.165) is 29.8 Å². The molecule has 6 nitrogen and oxygen atoms in total. The lowest BCUT2D eigenvalue weighted by Crippen LogP contribution is -2.15. The molecule has 0 bridgehead atoms. The van der Waals surface area contributed by atoms with Crippen LogP contribution in [0.1, 0.15) is 23.1 Å². The zero-order valence-electron chi connectivity index (χ0n) is 18.7. The Hall–Kier alpha value is -3.64. The Labute approximate surface area is 188 Å². The average molecular weight is 433 g/mol. The maximum absolute atomic E-state index is 12.2. The number of methoxy groups -OCH3 is 1. The van der Waals surface area contributed by atoms with Gasteiger partial charge in [-0.05, 0) is 68.0 Å². The summed E-state index contributed by atoms with van der Waals surface area (Å²) >= 11 is 0. The fraction of sp³-hybridized carbons (Fsp3) is 0.231. The number of nitro groups is 1. The molecule has 0 unspecified atom stereocenters. The number of hydrogen-bond donors (Lipinski definition) is 0. The van der Waals surface area contributed by atoms with Crippen molar-refractivity contribution in [2.24, 2.45) is 0 Å². The molecule has 0 heterocycles. The first kappa shape index (κ1) is 23.0. The molecule has 166 valence electrons. The van der Waals surface area contributed by atoms with Gasteiger partial charge in [0.25, 0.3) is 5.70 Å². The van der Waals surface area contributed by atoms with E-state index in [1.54, 1.807) is 43.5 Å². The number of ether oxygens (including phenoxy) is 2. The summed E-state index contributed by atoms with van der Waals surface area (Å²) in [5.41, 5.74) is 2.62. The number of nitrogens with zero attached hydrogens (tertiary/aromatic N) is 2. The number of hydrogen-bond acceptors (Lipinski definition) is 5. The average Bonchev–Trinajstić information content (AvgIpc) is 2.81. The van der Waals surface area contributed by atoms with Gasteiger partial charge in [0.1, 0.15) is 11.5 Å². The minimum Gasteiger partial charge on any atom is -0.497 e. The lowest BCUT2D eigenvalue weighted by atomic mass is 9.93. The highest BCUT2D eigenvalue weighted by Gasteiger charge is 2.24. The van der Waals surface area contributed by atoms with Crippen molar-refractivity contribution in [2.75, 3.05) is 34.4 Å². The van der Waals surface area contributed by atoms with Gasteiger partial charge in [0, 0.05) is 6.54 Å². The summed E-state index contributed by atoms with van der Waals surface area (Å²) in [4.78, 5) is 14.0. The Bertz CT molecular complexity index is 1040. The van der Waals surface area contributed by atoms with Gasteiger partial charge < -0.3 is 14.4 Å². The summed E-state index contributed by atoms with van der Waals surface area (Å²) in [6.45, 7) is 1.56. The molecule has 0 N–H and O–H groups in total. The van der Waals surface area contributed by atoms with Crippen molar-refractivity contribution < 1.29 is 14.4 Å². The van der Waals surface area contributed by atoms with Gasteiger partial charge in [0.05, 0.1) is 29.8 Å². The SMILES string of the molecule is COc1ccc(/C(=C(/c2ccccc2)[N+](=O)[O-])c2ccc(OCCCN(C)C)cc2)cc1. The van der Waals surface area contributed by atoms with Crippen LogP contribution in [0, 0.1) is 10.1 Å². The fourth-order valence-electron chi connectivity index (χ4n) is 3.42. The van der Waals surface area contributed by atoms with Crippen LogP contribution >= 0.6 is 0 Å². The summed E-state index contributed by atoms with van der Waals surface area (Å²) in [7, 11) is 5.65. The highest BCUT2D eigenvalue weighted by molar-refractivity contribution is 5.95. The van der Waals surface area contributed by atoms with E-state index in [-0.39, 0.29) is 10.6 Å². The molecular formula is C26H28N2O4. The van der Waals surface area contributed by atoms with Crippen LogP contribution < -0.4 is 9.47 Å². The van der Waals surface area contributed by atoms with Crippen molar-refractivity contribution in [1.82, 2.24) is 4.90 Å². The first-order valence-corrected chi connectivity index (χ1v) is 10.5. The second kappa shape index (κ2) is 11.1. The molecule has 6 heteroatoms. The third-order valence-corrected chi connectivity index (χ3v) is 5.01. The normalized spacial score (nSPS) is 11.8. The molecule has 0 spiro atoms. The Kier molecular flexibility index (Phi) is 8.00. The molecule has 3 aromatic carbocycles. The second-order valence-electron chi connectivity index (χ2n) is 7.60. The molecule has 0 radical (unpaired) electrons. The molecule has 32 heavy (non-hydrogen) atoms. The second-order valence-corrected chi connectivity index (χ2v) is 7.60. The van der Waals surface area contributed by atoms with E-state index in [9.17, 15) is 10.1 Å². The van der Waals surface area contributed by atoms with Gasteiger partial charge in [-0.3, -0.25) is 10.1 Å². The molecule has 0 saturated carbocycles. The minimum absolute atomic E-state index is 0.0513. The van der Waals surface area contributed by atoms with Gasteiger partial charge in [-0.1, -0.05) is 42.5 Å². The summed E-state index contributed by atoms with van der Waals surface area (Å²) in [6, 6.07) is 23.7. The highest BCUT2D eigenvalue weighted by atomic mass is 16.6.